The Morgan fingerprint density at radius 3 is 2.52 bits per heavy atom. The van der Waals surface area contributed by atoms with Crippen molar-refractivity contribution in [3.8, 4) is 0 Å². The molecule has 0 unspecified atom stereocenters. The number of para-hydroxylation sites is 1. The zero-order valence-corrected chi connectivity index (χ0v) is 14.7. The van der Waals surface area contributed by atoms with E-state index < -0.39 is 23.7 Å². The second-order valence-electron chi connectivity index (χ2n) is 6.85. The zero-order chi connectivity index (χ0) is 18.8. The number of carboxylic acid groups (broad SMARTS) is 1. The number of likely N-dealkylation sites (N-methyl/N-ethyl adjacent to an activating group) is 1. The van der Waals surface area contributed by atoms with Crippen LogP contribution in [-0.4, -0.2) is 51.7 Å². The summed E-state index contributed by atoms with van der Waals surface area (Å²) < 4.78 is 6.78. The minimum atomic E-state index is -1.11. The van der Waals surface area contributed by atoms with Gasteiger partial charge in [0.15, 0.2) is 0 Å². The molecular weight excluding hydrogens is 324 g/mol. The highest BCUT2D eigenvalue weighted by atomic mass is 16.6. The van der Waals surface area contributed by atoms with Crippen LogP contribution in [-0.2, 0) is 20.7 Å². The van der Waals surface area contributed by atoms with E-state index >= 15 is 0 Å². The highest BCUT2D eigenvalue weighted by Crippen LogP contribution is 2.24. The number of fused-ring (bicyclic) bond motifs is 1. The molecule has 134 valence electrons. The molecule has 0 saturated heterocycles. The van der Waals surface area contributed by atoms with E-state index in [1.807, 2.05) is 12.1 Å². The van der Waals surface area contributed by atoms with Gasteiger partial charge in [0.25, 0.3) is 0 Å². The molecule has 7 heteroatoms. The largest absolute Gasteiger partial charge is 0.480 e. The van der Waals surface area contributed by atoms with Crippen LogP contribution < -0.4 is 0 Å². The maximum Gasteiger partial charge on any atom is 0.419 e. The van der Waals surface area contributed by atoms with Crippen LogP contribution in [0.2, 0.25) is 0 Å². The van der Waals surface area contributed by atoms with Crippen LogP contribution in [0.25, 0.3) is 10.9 Å². The number of carbonyl (C=O) groups excluding carboxylic acids is 2. The molecule has 0 spiro atoms. The molecule has 7 nitrogen and oxygen atoms in total. The van der Waals surface area contributed by atoms with Gasteiger partial charge in [0, 0.05) is 25.1 Å². The summed E-state index contributed by atoms with van der Waals surface area (Å²) in [4.78, 5) is 36.0. The number of aliphatic carboxylic acids is 1. The second kappa shape index (κ2) is 6.96. The number of amides is 1. The van der Waals surface area contributed by atoms with E-state index in [4.69, 9.17) is 4.74 Å². The minimum Gasteiger partial charge on any atom is -0.480 e. The molecule has 0 fully saturated rings. The highest BCUT2D eigenvalue weighted by Gasteiger charge is 2.26. The Balaban J connectivity index is 2.46. The van der Waals surface area contributed by atoms with Gasteiger partial charge in [0.2, 0.25) is 6.41 Å². The normalized spacial score (nSPS) is 12.6. The lowest BCUT2D eigenvalue weighted by atomic mass is 10.0. The highest BCUT2D eigenvalue weighted by molar-refractivity contribution is 5.92. The van der Waals surface area contributed by atoms with Crippen molar-refractivity contribution in [2.24, 2.45) is 0 Å². The van der Waals surface area contributed by atoms with E-state index in [0.29, 0.717) is 17.5 Å². The standard InChI is InChI=1S/C18H22N2O5/c1-18(2,3)25-17(24)20-10-12(13-7-5-6-8-14(13)20)9-15(16(22)23)19(4)11-21/h5-8,10-11,15H,9H2,1-4H3,(H,22,23)/t15-/m0/s1. The number of rotatable bonds is 5. The predicted molar refractivity (Wildman–Crippen MR) is 92.5 cm³/mol. The molecule has 2 rings (SSSR count). The summed E-state index contributed by atoms with van der Waals surface area (Å²) in [6, 6.07) is 6.16. The lowest BCUT2D eigenvalue weighted by Crippen LogP contribution is -2.39. The summed E-state index contributed by atoms with van der Waals surface area (Å²) >= 11 is 0. The number of benzene rings is 1. The predicted octanol–water partition coefficient (Wildman–Crippen LogP) is 2.51. The molecule has 1 atom stereocenters. The lowest BCUT2D eigenvalue weighted by molar-refractivity contribution is -0.145. The van der Waals surface area contributed by atoms with E-state index in [1.54, 1.807) is 39.1 Å². The number of hydrogen-bond acceptors (Lipinski definition) is 4. The van der Waals surface area contributed by atoms with Gasteiger partial charge in [-0.25, -0.2) is 9.59 Å². The van der Waals surface area contributed by atoms with Crippen LogP contribution in [0.4, 0.5) is 4.79 Å². The number of hydrogen-bond donors (Lipinski definition) is 1. The number of nitrogens with zero attached hydrogens (tertiary/aromatic N) is 2. The van der Waals surface area contributed by atoms with Crippen molar-refractivity contribution in [1.29, 1.82) is 0 Å². The van der Waals surface area contributed by atoms with Gasteiger partial charge in [-0.1, -0.05) is 18.2 Å². The van der Waals surface area contributed by atoms with E-state index in [2.05, 4.69) is 0 Å². The third kappa shape index (κ3) is 4.17. The molecule has 2 aromatic rings. The summed E-state index contributed by atoms with van der Waals surface area (Å²) in [6.45, 7) is 5.32. The van der Waals surface area contributed by atoms with Crippen molar-refractivity contribution in [1.82, 2.24) is 9.47 Å². The van der Waals surface area contributed by atoms with Crippen LogP contribution >= 0.6 is 0 Å². The third-order valence-electron chi connectivity index (χ3n) is 3.74. The Morgan fingerprint density at radius 1 is 1.32 bits per heavy atom. The monoisotopic (exact) mass is 346 g/mol. The van der Waals surface area contributed by atoms with E-state index in [0.717, 1.165) is 10.3 Å². The lowest BCUT2D eigenvalue weighted by Gasteiger charge is -2.20. The number of aromatic nitrogens is 1. The maximum absolute atomic E-state index is 12.5. The molecule has 0 aliphatic carbocycles. The van der Waals surface area contributed by atoms with Gasteiger partial charge < -0.3 is 14.7 Å². The summed E-state index contributed by atoms with van der Waals surface area (Å²) in [6.07, 6.45) is 1.60. The van der Waals surface area contributed by atoms with Gasteiger partial charge in [-0.05, 0) is 32.4 Å². The Morgan fingerprint density at radius 2 is 1.96 bits per heavy atom. The van der Waals surface area contributed by atoms with Crippen molar-refractivity contribution >= 4 is 29.4 Å². The van der Waals surface area contributed by atoms with Crippen LogP contribution in [0.1, 0.15) is 26.3 Å². The molecule has 0 aliphatic heterocycles. The minimum absolute atomic E-state index is 0.0842. The van der Waals surface area contributed by atoms with Gasteiger partial charge in [-0.3, -0.25) is 9.36 Å². The number of carbonyl (C=O) groups is 3. The molecule has 0 aliphatic rings. The Hall–Kier alpha value is -2.83. The van der Waals surface area contributed by atoms with Crippen molar-refractivity contribution < 1.29 is 24.2 Å². The third-order valence-corrected chi connectivity index (χ3v) is 3.74. The quantitative estimate of drug-likeness (QED) is 0.840. The van der Waals surface area contributed by atoms with E-state index in [-0.39, 0.29) is 6.42 Å². The fourth-order valence-electron chi connectivity index (χ4n) is 2.56. The first-order valence-electron chi connectivity index (χ1n) is 7.86. The molecular formula is C18H22N2O5. The average molecular weight is 346 g/mol. The van der Waals surface area contributed by atoms with E-state index in [9.17, 15) is 19.5 Å². The van der Waals surface area contributed by atoms with Crippen molar-refractivity contribution in [2.45, 2.75) is 38.8 Å². The SMILES string of the molecule is CN(C=O)[C@@H](Cc1cn(C(=O)OC(C)(C)C)c2ccccc12)C(=O)O. The summed E-state index contributed by atoms with van der Waals surface area (Å²) in [5.41, 5.74) is 0.636. The van der Waals surface area contributed by atoms with Crippen LogP contribution in [0.5, 0.6) is 0 Å². The molecule has 0 saturated carbocycles. The Labute approximate surface area is 145 Å². The maximum atomic E-state index is 12.5. The number of ether oxygens (including phenoxy) is 1. The zero-order valence-electron chi connectivity index (χ0n) is 14.7. The molecule has 1 aromatic carbocycles. The Kier molecular flexibility index (Phi) is 5.15. The van der Waals surface area contributed by atoms with Crippen LogP contribution in [0, 0.1) is 0 Å². The smallest absolute Gasteiger partial charge is 0.419 e. The number of carboxylic acids is 1. The average Bonchev–Trinajstić information content (AvgIpc) is 2.89. The first kappa shape index (κ1) is 18.5. The van der Waals surface area contributed by atoms with Crippen molar-refractivity contribution in [3.63, 3.8) is 0 Å². The van der Waals surface area contributed by atoms with E-state index in [1.165, 1.54) is 11.6 Å². The second-order valence-corrected chi connectivity index (χ2v) is 6.85. The first-order valence-corrected chi connectivity index (χ1v) is 7.86. The van der Waals surface area contributed by atoms with Gasteiger partial charge in [0.1, 0.15) is 11.6 Å². The Bertz CT molecular complexity index is 803. The van der Waals surface area contributed by atoms with Gasteiger partial charge in [0.05, 0.1) is 5.52 Å². The first-order chi connectivity index (χ1) is 11.6. The summed E-state index contributed by atoms with van der Waals surface area (Å²) in [5.74, 6) is -1.11. The molecule has 0 radical (unpaired) electrons. The molecule has 1 heterocycles. The van der Waals surface area contributed by atoms with Crippen LogP contribution in [0.15, 0.2) is 30.5 Å². The van der Waals surface area contributed by atoms with Gasteiger partial charge in [-0.2, -0.15) is 0 Å². The van der Waals surface area contributed by atoms with Gasteiger partial charge in [-0.15, -0.1) is 0 Å². The molecule has 1 amide bonds. The fraction of sp³-hybridized carbons (Fsp3) is 0.389. The van der Waals surface area contributed by atoms with Crippen LogP contribution in [0.3, 0.4) is 0 Å². The van der Waals surface area contributed by atoms with Gasteiger partial charge >= 0.3 is 12.1 Å². The topological polar surface area (TPSA) is 88.8 Å². The molecule has 1 aromatic heterocycles. The summed E-state index contributed by atoms with van der Waals surface area (Å²) in [7, 11) is 1.42. The van der Waals surface area contributed by atoms with Crippen molar-refractivity contribution in [2.75, 3.05) is 7.05 Å². The fourth-order valence-corrected chi connectivity index (χ4v) is 2.56. The summed E-state index contributed by atoms with van der Waals surface area (Å²) in [5, 5.41) is 10.1. The van der Waals surface area contributed by atoms with Crippen molar-refractivity contribution in [3.05, 3.63) is 36.0 Å². The molecule has 1 N–H and O–H groups in total. The molecule has 0 bridgehead atoms. The molecule has 25 heavy (non-hydrogen) atoms.